The largest absolute Gasteiger partial charge is 0.488 e. The third kappa shape index (κ3) is 6.33. The van der Waals surface area contributed by atoms with Crippen LogP contribution in [0.15, 0.2) is 73.1 Å². The van der Waals surface area contributed by atoms with Gasteiger partial charge in [0.25, 0.3) is 0 Å². The van der Waals surface area contributed by atoms with E-state index in [2.05, 4.69) is 16.4 Å². The summed E-state index contributed by atoms with van der Waals surface area (Å²) in [5.41, 5.74) is 4.20. The molecule has 3 aromatic carbocycles. The smallest absolute Gasteiger partial charge is 0.155 e. The molecule has 0 fully saturated rings. The molecule has 1 aliphatic rings. The number of hydrogen-bond acceptors (Lipinski definition) is 6. The van der Waals surface area contributed by atoms with E-state index in [0.29, 0.717) is 51.2 Å². The Bertz CT molecular complexity index is 1590. The van der Waals surface area contributed by atoms with Crippen molar-refractivity contribution in [3.63, 3.8) is 0 Å². The minimum absolute atomic E-state index is 0.0500. The number of pyridine rings is 1. The average molecular weight is 576 g/mol. The molecule has 0 unspecified atom stereocenters. The van der Waals surface area contributed by atoms with Crippen molar-refractivity contribution in [2.45, 2.75) is 44.8 Å². The van der Waals surface area contributed by atoms with Crippen molar-refractivity contribution in [2.75, 3.05) is 6.61 Å². The zero-order chi connectivity index (χ0) is 28.9. The zero-order valence-corrected chi connectivity index (χ0v) is 23.0. The van der Waals surface area contributed by atoms with Crippen molar-refractivity contribution in [3.05, 3.63) is 112 Å². The summed E-state index contributed by atoms with van der Waals surface area (Å²) in [6.45, 7) is 2.26. The van der Waals surface area contributed by atoms with Gasteiger partial charge in [0.1, 0.15) is 36.2 Å². The van der Waals surface area contributed by atoms with Crippen LogP contribution in [0.3, 0.4) is 0 Å². The number of nitrogens with one attached hydrogen (secondary N) is 1. The summed E-state index contributed by atoms with van der Waals surface area (Å²) >= 11 is 6.63. The predicted molar refractivity (Wildman–Crippen MR) is 152 cm³/mol. The quantitative estimate of drug-likeness (QED) is 0.225. The molecule has 0 radical (unpaired) electrons. The number of benzene rings is 3. The van der Waals surface area contributed by atoms with E-state index in [1.807, 2.05) is 6.92 Å². The molecule has 41 heavy (non-hydrogen) atoms. The Balaban J connectivity index is 1.45. The van der Waals surface area contributed by atoms with E-state index in [1.165, 1.54) is 12.3 Å². The summed E-state index contributed by atoms with van der Waals surface area (Å²) in [5.74, 6) is 0.306. The van der Waals surface area contributed by atoms with E-state index in [1.54, 1.807) is 60.8 Å². The number of fused-ring (bicyclic) bond motifs is 1. The first-order chi connectivity index (χ1) is 19.9. The number of alkyl halides is 1. The Kier molecular flexibility index (Phi) is 8.79. The van der Waals surface area contributed by atoms with Gasteiger partial charge in [0, 0.05) is 54.2 Å². The lowest BCUT2D eigenvalue weighted by atomic mass is 9.96. The standard InChI is InChI=1S/C32H28ClF2N3O3/c1-19(17-39)38-16-22-10-27(33)31(12-30(22)40-18-21-9-20(13-36)14-37-15-21)41-32-25-7-4-6-23(26(25)11-29(32)35)24-5-2-3-8-28(24)34/h2-10,12,14-15,19,29,32,38-39H,11,16-18H2,1H3/t19-,29-,32-/m1/s1. The van der Waals surface area contributed by atoms with Crippen LogP contribution in [0.1, 0.15) is 40.8 Å². The average Bonchev–Trinajstić information content (AvgIpc) is 3.31. The molecule has 0 bridgehead atoms. The molecule has 4 aromatic rings. The number of nitriles is 1. The molecule has 1 aromatic heterocycles. The molecule has 0 aliphatic heterocycles. The van der Waals surface area contributed by atoms with Gasteiger partial charge in [-0.15, -0.1) is 0 Å². The van der Waals surface area contributed by atoms with Crippen molar-refractivity contribution in [1.82, 2.24) is 10.3 Å². The van der Waals surface area contributed by atoms with E-state index < -0.39 is 12.3 Å². The lowest BCUT2D eigenvalue weighted by Gasteiger charge is -2.21. The molecule has 0 saturated heterocycles. The fourth-order valence-corrected chi connectivity index (χ4v) is 5.11. The Morgan fingerprint density at radius 1 is 1.12 bits per heavy atom. The summed E-state index contributed by atoms with van der Waals surface area (Å²) in [6, 6.07) is 18.7. The molecule has 3 atom stereocenters. The molecule has 0 saturated carbocycles. The number of halogens is 3. The van der Waals surface area contributed by atoms with Crippen LogP contribution in [0.4, 0.5) is 8.78 Å². The normalized spacial score (nSPS) is 16.6. The maximum atomic E-state index is 15.5. The van der Waals surface area contributed by atoms with Gasteiger partial charge in [0.15, 0.2) is 6.10 Å². The fraction of sp³-hybridized carbons (Fsp3) is 0.250. The number of aromatic nitrogens is 1. The Morgan fingerprint density at radius 2 is 1.93 bits per heavy atom. The van der Waals surface area contributed by atoms with Crippen LogP contribution in [-0.2, 0) is 19.6 Å². The van der Waals surface area contributed by atoms with Crippen LogP contribution in [0, 0.1) is 17.1 Å². The molecule has 1 aliphatic carbocycles. The lowest BCUT2D eigenvalue weighted by molar-refractivity contribution is 0.114. The van der Waals surface area contributed by atoms with Crippen molar-refractivity contribution in [2.24, 2.45) is 0 Å². The highest BCUT2D eigenvalue weighted by Gasteiger charge is 2.37. The molecule has 210 valence electrons. The van der Waals surface area contributed by atoms with Crippen molar-refractivity contribution < 1.29 is 23.4 Å². The van der Waals surface area contributed by atoms with Gasteiger partial charge in [-0.3, -0.25) is 4.98 Å². The minimum Gasteiger partial charge on any atom is -0.488 e. The molecule has 1 heterocycles. The Morgan fingerprint density at radius 3 is 2.71 bits per heavy atom. The Hall–Kier alpha value is -4.03. The SMILES string of the molecule is C[C@H](CO)NCc1cc(Cl)c(O[C@@H]2c3cccc(-c4ccccc4F)c3C[C@H]2F)cc1OCc1cncc(C#N)c1. The summed E-state index contributed by atoms with van der Waals surface area (Å²) < 4.78 is 42.4. The number of rotatable bonds is 10. The van der Waals surface area contributed by atoms with Gasteiger partial charge in [-0.05, 0) is 41.8 Å². The minimum atomic E-state index is -1.37. The monoisotopic (exact) mass is 575 g/mol. The van der Waals surface area contributed by atoms with Gasteiger partial charge in [0.2, 0.25) is 0 Å². The number of nitrogens with zero attached hydrogens (tertiary/aromatic N) is 2. The van der Waals surface area contributed by atoms with Gasteiger partial charge < -0.3 is 19.9 Å². The van der Waals surface area contributed by atoms with Crippen LogP contribution >= 0.6 is 11.6 Å². The van der Waals surface area contributed by atoms with E-state index >= 15 is 4.39 Å². The molecule has 6 nitrogen and oxygen atoms in total. The molecular weight excluding hydrogens is 548 g/mol. The summed E-state index contributed by atoms with van der Waals surface area (Å²) in [7, 11) is 0. The molecule has 2 N–H and O–H groups in total. The second kappa shape index (κ2) is 12.6. The van der Waals surface area contributed by atoms with Gasteiger partial charge in [-0.25, -0.2) is 8.78 Å². The lowest BCUT2D eigenvalue weighted by Crippen LogP contribution is -2.28. The first-order valence-corrected chi connectivity index (χ1v) is 13.6. The van der Waals surface area contributed by atoms with Crippen molar-refractivity contribution >= 4 is 11.6 Å². The first-order valence-electron chi connectivity index (χ1n) is 13.2. The number of hydrogen-bond donors (Lipinski definition) is 2. The van der Waals surface area contributed by atoms with Crippen LogP contribution in [-0.4, -0.2) is 28.9 Å². The third-order valence-electron chi connectivity index (χ3n) is 7.01. The van der Waals surface area contributed by atoms with Crippen LogP contribution in [0.25, 0.3) is 11.1 Å². The summed E-state index contributed by atoms with van der Waals surface area (Å²) in [5, 5.41) is 22.1. The Labute approximate surface area is 242 Å². The number of aliphatic hydroxyl groups excluding tert-OH is 1. The first kappa shape index (κ1) is 28.5. The maximum absolute atomic E-state index is 15.5. The molecule has 0 amide bonds. The highest BCUT2D eigenvalue weighted by atomic mass is 35.5. The second-order valence-corrected chi connectivity index (χ2v) is 10.4. The van der Waals surface area contributed by atoms with Gasteiger partial charge in [-0.2, -0.15) is 5.26 Å². The molecule has 0 spiro atoms. The maximum Gasteiger partial charge on any atom is 0.155 e. The highest BCUT2D eigenvalue weighted by Crippen LogP contribution is 2.44. The van der Waals surface area contributed by atoms with Gasteiger partial charge >= 0.3 is 0 Å². The van der Waals surface area contributed by atoms with Gasteiger partial charge in [0.05, 0.1) is 17.2 Å². The van der Waals surface area contributed by atoms with E-state index in [9.17, 15) is 14.8 Å². The van der Waals surface area contributed by atoms with E-state index in [4.69, 9.17) is 21.1 Å². The van der Waals surface area contributed by atoms with Crippen molar-refractivity contribution in [1.29, 1.82) is 5.26 Å². The topological polar surface area (TPSA) is 87.4 Å². The van der Waals surface area contributed by atoms with E-state index in [-0.39, 0.29) is 42.3 Å². The van der Waals surface area contributed by atoms with Crippen LogP contribution in [0.5, 0.6) is 11.5 Å². The highest BCUT2D eigenvalue weighted by molar-refractivity contribution is 6.32. The van der Waals surface area contributed by atoms with Crippen LogP contribution < -0.4 is 14.8 Å². The van der Waals surface area contributed by atoms with E-state index in [0.717, 1.165) is 0 Å². The molecule has 5 rings (SSSR count). The molecule has 9 heteroatoms. The van der Waals surface area contributed by atoms with Gasteiger partial charge in [-0.1, -0.05) is 48.0 Å². The number of aliphatic hydroxyl groups is 1. The van der Waals surface area contributed by atoms with Crippen molar-refractivity contribution in [3.8, 4) is 28.7 Å². The molecular formula is C32H28ClF2N3O3. The van der Waals surface area contributed by atoms with Crippen LogP contribution in [0.2, 0.25) is 5.02 Å². The zero-order valence-electron chi connectivity index (χ0n) is 22.3. The summed E-state index contributed by atoms with van der Waals surface area (Å²) in [6.07, 6.45) is 0.834. The second-order valence-electron chi connectivity index (χ2n) is 9.95. The summed E-state index contributed by atoms with van der Waals surface area (Å²) in [4.78, 5) is 4.07. The fourth-order valence-electron chi connectivity index (χ4n) is 4.88. The third-order valence-corrected chi connectivity index (χ3v) is 7.31. The predicted octanol–water partition coefficient (Wildman–Crippen LogP) is 6.48. The number of ether oxygens (including phenoxy) is 2.